The summed E-state index contributed by atoms with van der Waals surface area (Å²) in [5.74, 6) is -0.0707. The second-order valence-electron chi connectivity index (χ2n) is 7.31. The van der Waals surface area contributed by atoms with Gasteiger partial charge in [0.1, 0.15) is 5.56 Å². The first kappa shape index (κ1) is 22.9. The number of benzene rings is 1. The molecule has 0 atom stereocenters. The highest BCUT2D eigenvalue weighted by atomic mass is 32.2. The fourth-order valence-corrected chi connectivity index (χ4v) is 4.39. The van der Waals surface area contributed by atoms with Crippen LogP contribution in [0.25, 0.3) is 0 Å². The number of carbonyl (C=O) groups is 1. The van der Waals surface area contributed by atoms with Crippen LogP contribution in [0.1, 0.15) is 61.4 Å². The molecule has 160 valence electrons. The third-order valence-electron chi connectivity index (χ3n) is 4.95. The van der Waals surface area contributed by atoms with Gasteiger partial charge in [0.05, 0.1) is 11.1 Å². The number of amides is 1. The number of rotatable bonds is 11. The van der Waals surface area contributed by atoms with Gasteiger partial charge in [-0.1, -0.05) is 56.7 Å². The van der Waals surface area contributed by atoms with Crippen molar-refractivity contribution < 1.29 is 13.2 Å². The topological polar surface area (TPSA) is 84.3 Å². The van der Waals surface area contributed by atoms with Crippen molar-refractivity contribution in [3.63, 3.8) is 0 Å². The van der Waals surface area contributed by atoms with Crippen molar-refractivity contribution in [2.75, 3.05) is 17.9 Å². The molecule has 0 aliphatic heterocycles. The number of anilines is 1. The molecule has 0 aliphatic carbocycles. The van der Waals surface area contributed by atoms with E-state index in [9.17, 15) is 13.2 Å². The van der Waals surface area contributed by atoms with Gasteiger partial charge in [-0.15, -0.1) is 0 Å². The fourth-order valence-electron chi connectivity index (χ4n) is 3.15. The summed E-state index contributed by atoms with van der Waals surface area (Å²) in [7, 11) is -0.736. The van der Waals surface area contributed by atoms with Gasteiger partial charge in [0.2, 0.25) is 0 Å². The number of carbonyl (C=O) groups excluding carboxylic acids is 1. The second-order valence-corrected chi connectivity index (χ2v) is 9.28. The lowest BCUT2D eigenvalue weighted by Crippen LogP contribution is -2.32. The Balaban J connectivity index is 2.08. The van der Waals surface area contributed by atoms with E-state index in [1.807, 2.05) is 6.92 Å². The summed E-state index contributed by atoms with van der Waals surface area (Å²) in [4.78, 5) is 12.8. The first-order valence-corrected chi connectivity index (χ1v) is 11.6. The van der Waals surface area contributed by atoms with Gasteiger partial charge in [0, 0.05) is 20.6 Å². The molecule has 1 aromatic carbocycles. The smallest absolute Gasteiger partial charge is 0.265 e. The number of unbranched alkanes of at least 4 members (excludes halogenated alkanes) is 5. The molecule has 0 aliphatic rings. The molecule has 0 bridgehead atoms. The predicted octanol–water partition coefficient (Wildman–Crippen LogP) is 3.64. The molecule has 0 saturated carbocycles. The van der Waals surface area contributed by atoms with Crippen LogP contribution in [-0.4, -0.2) is 37.7 Å². The van der Waals surface area contributed by atoms with Crippen LogP contribution in [0.2, 0.25) is 0 Å². The summed E-state index contributed by atoms with van der Waals surface area (Å²) in [6.45, 7) is 4.64. The highest BCUT2D eigenvalue weighted by molar-refractivity contribution is 7.92. The van der Waals surface area contributed by atoms with E-state index in [4.69, 9.17) is 0 Å². The first-order valence-electron chi connectivity index (χ1n) is 10.1. The number of aryl methyl sites for hydroxylation is 2. The molecule has 0 fully saturated rings. The van der Waals surface area contributed by atoms with E-state index in [1.54, 1.807) is 31.3 Å². The average Bonchev–Trinajstić information content (AvgIpc) is 3.08. The molecule has 7 nitrogen and oxygen atoms in total. The van der Waals surface area contributed by atoms with Crippen LogP contribution < -0.4 is 9.62 Å². The van der Waals surface area contributed by atoms with Crippen molar-refractivity contribution in [2.45, 2.75) is 57.3 Å². The zero-order chi connectivity index (χ0) is 21.4. The minimum Gasteiger partial charge on any atom is -0.352 e. The number of nitrogens with zero attached hydrogens (tertiary/aromatic N) is 3. The van der Waals surface area contributed by atoms with Crippen molar-refractivity contribution in [1.29, 1.82) is 0 Å². The van der Waals surface area contributed by atoms with Crippen molar-refractivity contribution in [3.8, 4) is 0 Å². The third kappa shape index (κ3) is 5.82. The number of hydrogen-bond donors (Lipinski definition) is 1. The third-order valence-corrected chi connectivity index (χ3v) is 6.71. The van der Waals surface area contributed by atoms with E-state index in [-0.39, 0.29) is 22.2 Å². The molecule has 0 unspecified atom stereocenters. The van der Waals surface area contributed by atoms with E-state index in [1.165, 1.54) is 43.6 Å². The summed E-state index contributed by atoms with van der Waals surface area (Å²) in [6.07, 6.45) is 8.22. The lowest BCUT2D eigenvalue weighted by Gasteiger charge is -2.21. The molecule has 29 heavy (non-hydrogen) atoms. The average molecular weight is 421 g/mol. The van der Waals surface area contributed by atoms with Crippen molar-refractivity contribution >= 4 is 21.7 Å². The highest BCUT2D eigenvalue weighted by Crippen LogP contribution is 2.25. The SMILES string of the molecule is CCCCCCCCNC(=O)c1cnn(C)c1N(C)S(=O)(=O)c1ccc(C)cc1. The Labute approximate surface area is 174 Å². The molecule has 1 aromatic heterocycles. The van der Waals surface area contributed by atoms with Gasteiger partial charge in [-0.3, -0.25) is 13.8 Å². The fraction of sp³-hybridized carbons (Fsp3) is 0.524. The van der Waals surface area contributed by atoms with Gasteiger partial charge in [-0.25, -0.2) is 8.42 Å². The Kier molecular flexibility index (Phi) is 8.25. The molecule has 8 heteroatoms. The zero-order valence-corrected chi connectivity index (χ0v) is 18.6. The molecular weight excluding hydrogens is 388 g/mol. The summed E-state index contributed by atoms with van der Waals surface area (Å²) in [6, 6.07) is 6.63. The number of aromatic nitrogens is 2. The lowest BCUT2D eigenvalue weighted by molar-refractivity contribution is 0.0953. The van der Waals surface area contributed by atoms with Gasteiger partial charge in [0.25, 0.3) is 15.9 Å². The number of sulfonamides is 1. The summed E-state index contributed by atoms with van der Waals surface area (Å²) >= 11 is 0. The van der Waals surface area contributed by atoms with E-state index >= 15 is 0 Å². The maximum Gasteiger partial charge on any atom is 0.265 e. The molecule has 1 amide bonds. The maximum atomic E-state index is 13.0. The van der Waals surface area contributed by atoms with Crippen LogP contribution in [0.15, 0.2) is 35.4 Å². The van der Waals surface area contributed by atoms with Gasteiger partial charge < -0.3 is 5.32 Å². The van der Waals surface area contributed by atoms with Crippen molar-refractivity contribution in [1.82, 2.24) is 15.1 Å². The Morgan fingerprint density at radius 3 is 2.38 bits per heavy atom. The highest BCUT2D eigenvalue weighted by Gasteiger charge is 2.28. The largest absolute Gasteiger partial charge is 0.352 e. The summed E-state index contributed by atoms with van der Waals surface area (Å²) in [5.41, 5.74) is 1.22. The zero-order valence-electron chi connectivity index (χ0n) is 17.8. The predicted molar refractivity (Wildman–Crippen MR) is 116 cm³/mol. The number of hydrogen-bond acceptors (Lipinski definition) is 4. The van der Waals surface area contributed by atoms with E-state index in [0.29, 0.717) is 6.54 Å². The van der Waals surface area contributed by atoms with Crippen LogP contribution in [-0.2, 0) is 17.1 Å². The van der Waals surface area contributed by atoms with Gasteiger partial charge in [-0.05, 0) is 25.5 Å². The van der Waals surface area contributed by atoms with Crippen LogP contribution in [0.4, 0.5) is 5.82 Å². The molecule has 0 saturated heterocycles. The number of nitrogens with one attached hydrogen (secondary N) is 1. The van der Waals surface area contributed by atoms with Crippen molar-refractivity contribution in [2.24, 2.45) is 7.05 Å². The monoisotopic (exact) mass is 420 g/mol. The van der Waals surface area contributed by atoms with Gasteiger partial charge in [0.15, 0.2) is 5.82 Å². The van der Waals surface area contributed by atoms with E-state index in [0.717, 1.165) is 22.7 Å². The molecule has 0 radical (unpaired) electrons. The Morgan fingerprint density at radius 1 is 1.10 bits per heavy atom. The Bertz CT molecular complexity index is 905. The second kappa shape index (κ2) is 10.4. The molecule has 0 spiro atoms. The summed E-state index contributed by atoms with van der Waals surface area (Å²) in [5, 5.41) is 6.99. The summed E-state index contributed by atoms with van der Waals surface area (Å²) < 4.78 is 28.5. The van der Waals surface area contributed by atoms with Crippen LogP contribution in [0, 0.1) is 6.92 Å². The van der Waals surface area contributed by atoms with Crippen molar-refractivity contribution in [3.05, 3.63) is 41.6 Å². The molecule has 2 aromatic rings. The normalized spacial score (nSPS) is 11.4. The minimum absolute atomic E-state index is 0.172. The Morgan fingerprint density at radius 2 is 1.72 bits per heavy atom. The van der Waals surface area contributed by atoms with Gasteiger partial charge in [-0.2, -0.15) is 5.10 Å². The molecule has 1 N–H and O–H groups in total. The van der Waals surface area contributed by atoms with Crippen LogP contribution in [0.3, 0.4) is 0 Å². The Hall–Kier alpha value is -2.35. The van der Waals surface area contributed by atoms with Crippen LogP contribution >= 0.6 is 0 Å². The van der Waals surface area contributed by atoms with Gasteiger partial charge >= 0.3 is 0 Å². The molecular formula is C21H32N4O3S. The quantitative estimate of drug-likeness (QED) is 0.563. The standard InChI is InChI=1S/C21H32N4O3S/c1-5-6-7-8-9-10-15-22-20(26)19-16-23-24(3)21(19)25(4)29(27,28)18-13-11-17(2)12-14-18/h11-14,16H,5-10,15H2,1-4H3,(H,22,26). The molecule has 2 rings (SSSR count). The van der Waals surface area contributed by atoms with E-state index < -0.39 is 10.0 Å². The van der Waals surface area contributed by atoms with Crippen LogP contribution in [0.5, 0.6) is 0 Å². The lowest BCUT2D eigenvalue weighted by atomic mass is 10.1. The molecule has 1 heterocycles. The first-order chi connectivity index (χ1) is 13.8. The minimum atomic E-state index is -3.80. The maximum absolute atomic E-state index is 13.0. The van der Waals surface area contributed by atoms with E-state index in [2.05, 4.69) is 17.3 Å².